The molecule has 14 heteroatoms. The zero-order chi connectivity index (χ0) is 27.6. The number of carboxylic acids is 1. The van der Waals surface area contributed by atoms with E-state index in [1.807, 2.05) is 0 Å². The summed E-state index contributed by atoms with van der Waals surface area (Å²) in [5, 5.41) is 37.1. The molecule has 0 saturated carbocycles. The van der Waals surface area contributed by atoms with Gasteiger partial charge in [0.05, 0.1) is 34.2 Å². The maximum Gasteiger partial charge on any atom is 0.363 e. The lowest BCUT2D eigenvalue weighted by Crippen LogP contribution is -2.72. The Kier molecular flexibility index (Phi) is 7.99. The number of benzene rings is 1. The number of aliphatic imine (C=N–C) groups is 1. The number of hydrogen-bond acceptors (Lipinski definition) is 10. The number of ketones is 1. The molecule has 1 aromatic carbocycles. The van der Waals surface area contributed by atoms with Crippen LogP contribution in [0.25, 0.3) is 0 Å². The summed E-state index contributed by atoms with van der Waals surface area (Å²) in [6, 6.07) is 5.50. The van der Waals surface area contributed by atoms with E-state index in [0.717, 1.165) is 12.2 Å². The number of carbonyl (C=O) groups is 5. The molecule has 4 unspecified atom stereocenters. The molecule has 0 aromatic heterocycles. The van der Waals surface area contributed by atoms with Gasteiger partial charge in [-0.15, -0.1) is 0 Å². The highest BCUT2D eigenvalue weighted by molar-refractivity contribution is 8.14. The number of halogens is 1. The number of aliphatic hydroxyl groups excluding tert-OH is 2. The van der Waals surface area contributed by atoms with Crippen LogP contribution < -0.4 is 21.1 Å². The number of hydrogen-bond donors (Lipinski definition) is 5. The third kappa shape index (κ3) is 5.21. The van der Waals surface area contributed by atoms with Crippen molar-refractivity contribution in [2.24, 2.45) is 4.99 Å². The van der Waals surface area contributed by atoms with Gasteiger partial charge in [0, 0.05) is 6.54 Å². The van der Waals surface area contributed by atoms with E-state index in [0.29, 0.717) is 5.56 Å². The van der Waals surface area contributed by atoms with Gasteiger partial charge in [0.1, 0.15) is 17.0 Å². The third-order valence-corrected chi connectivity index (χ3v) is 8.68. The number of fused-ring (bicyclic) bond motifs is 1. The SMILES string of the molecule is O=C([O-])C1=C(Cl)C[S+]2C(=O)C(NC(=O)C(N=C3C(=O)C=CC(O)=C3C(=O)NCCO)c3ccccc3)C2N1. The molecule has 3 aliphatic rings. The average Bonchev–Trinajstić information content (AvgIpc) is 2.90. The molecule has 1 aliphatic carbocycles. The van der Waals surface area contributed by atoms with Crippen molar-refractivity contribution in [3.63, 3.8) is 0 Å². The molecule has 38 heavy (non-hydrogen) atoms. The molecule has 4 atom stereocenters. The molecule has 0 radical (unpaired) electrons. The summed E-state index contributed by atoms with van der Waals surface area (Å²) in [6.07, 6.45) is 2.00. The molecular weight excluding hydrogens is 540 g/mol. The fraction of sp³-hybridized carbons (Fsp3) is 0.250. The molecule has 0 bridgehead atoms. The van der Waals surface area contributed by atoms with E-state index in [4.69, 9.17) is 16.7 Å². The predicted octanol–water partition coefficient (Wildman–Crippen LogP) is -2.00. The predicted molar refractivity (Wildman–Crippen MR) is 134 cm³/mol. The summed E-state index contributed by atoms with van der Waals surface area (Å²) in [5.74, 6) is -4.54. The molecule has 1 fully saturated rings. The van der Waals surface area contributed by atoms with Crippen LogP contribution in [0.3, 0.4) is 0 Å². The topological polar surface area (TPSA) is 197 Å². The van der Waals surface area contributed by atoms with Crippen LogP contribution in [0.5, 0.6) is 0 Å². The van der Waals surface area contributed by atoms with Crippen LogP contribution >= 0.6 is 11.6 Å². The van der Waals surface area contributed by atoms with Gasteiger partial charge in [-0.05, 0) is 17.7 Å². The van der Waals surface area contributed by atoms with E-state index >= 15 is 0 Å². The van der Waals surface area contributed by atoms with Crippen LogP contribution in [0.4, 0.5) is 0 Å². The number of rotatable bonds is 8. The zero-order valence-corrected chi connectivity index (χ0v) is 21.0. The zero-order valence-electron chi connectivity index (χ0n) is 19.5. The van der Waals surface area contributed by atoms with Gasteiger partial charge in [0.2, 0.25) is 23.1 Å². The van der Waals surface area contributed by atoms with Crippen LogP contribution in [0.15, 0.2) is 69.5 Å². The number of aliphatic hydroxyl groups is 2. The molecule has 4 rings (SSSR count). The van der Waals surface area contributed by atoms with E-state index in [9.17, 15) is 34.2 Å². The Morgan fingerprint density at radius 3 is 2.58 bits per heavy atom. The maximum absolute atomic E-state index is 13.5. The van der Waals surface area contributed by atoms with Crippen molar-refractivity contribution in [1.29, 1.82) is 0 Å². The van der Waals surface area contributed by atoms with E-state index in [-0.39, 0.29) is 28.1 Å². The van der Waals surface area contributed by atoms with Crippen LogP contribution in [0.1, 0.15) is 11.6 Å². The number of nitrogens with zero attached hydrogens (tertiary/aromatic N) is 1. The highest BCUT2D eigenvalue weighted by atomic mass is 35.5. The fourth-order valence-electron chi connectivity index (χ4n) is 4.01. The summed E-state index contributed by atoms with van der Waals surface area (Å²) in [7, 11) is -0.961. The van der Waals surface area contributed by atoms with Crippen LogP contribution in [0, 0.1) is 0 Å². The highest BCUT2D eigenvalue weighted by Gasteiger charge is 2.64. The van der Waals surface area contributed by atoms with Gasteiger partial charge < -0.3 is 36.1 Å². The molecule has 1 saturated heterocycles. The monoisotopic (exact) mass is 560 g/mol. The maximum atomic E-state index is 13.5. The molecule has 5 N–H and O–H groups in total. The largest absolute Gasteiger partial charge is 0.543 e. The van der Waals surface area contributed by atoms with E-state index < -0.39 is 75.6 Å². The van der Waals surface area contributed by atoms with E-state index in [1.54, 1.807) is 30.3 Å². The minimum Gasteiger partial charge on any atom is -0.543 e. The lowest BCUT2D eigenvalue weighted by molar-refractivity contribution is -0.299. The second kappa shape index (κ2) is 11.2. The van der Waals surface area contributed by atoms with Crippen molar-refractivity contribution in [3.8, 4) is 0 Å². The minimum absolute atomic E-state index is 0.00930. The quantitative estimate of drug-likeness (QED) is 0.176. The van der Waals surface area contributed by atoms with Crippen molar-refractivity contribution in [2.75, 3.05) is 18.9 Å². The molecule has 2 heterocycles. The normalized spacial score (nSPS) is 24.4. The average molecular weight is 561 g/mol. The third-order valence-electron chi connectivity index (χ3n) is 5.83. The van der Waals surface area contributed by atoms with Crippen LogP contribution in [0.2, 0.25) is 0 Å². The summed E-state index contributed by atoms with van der Waals surface area (Å²) < 4.78 is 0. The highest BCUT2D eigenvalue weighted by Crippen LogP contribution is 2.33. The summed E-state index contributed by atoms with van der Waals surface area (Å²) in [6.45, 7) is -0.548. The van der Waals surface area contributed by atoms with Gasteiger partial charge in [-0.2, -0.15) is 0 Å². The molecule has 12 nitrogen and oxygen atoms in total. The lowest BCUT2D eigenvalue weighted by atomic mass is 9.97. The molecule has 2 amide bonds. The van der Waals surface area contributed by atoms with E-state index in [2.05, 4.69) is 20.9 Å². The Bertz CT molecular complexity index is 1340. The number of allylic oxidation sites excluding steroid dienone is 2. The van der Waals surface area contributed by atoms with Gasteiger partial charge in [-0.25, -0.2) is 4.79 Å². The second-order valence-corrected chi connectivity index (χ2v) is 10.8. The van der Waals surface area contributed by atoms with Gasteiger partial charge in [0.25, 0.3) is 5.91 Å². The first kappa shape index (κ1) is 27.1. The Hall–Kier alpha value is -3.94. The first-order valence-corrected chi connectivity index (χ1v) is 13.1. The lowest BCUT2D eigenvalue weighted by Gasteiger charge is -2.38. The minimum atomic E-state index is -1.54. The standard InChI is InChI=1S/C24H21ClN4O8S/c25-12-10-38-22(29-17(12)23(35)36)19(24(38)37)28-21(34)16(11-4-2-1-3-5-11)27-18-14(32)7-6-13(31)15(18)20(33)26-8-9-30/h1-7,16,19,22,29-30H,8-10H2,(H3-,26,27,28,31,33,34,35,36). The van der Waals surface area contributed by atoms with Crippen molar-refractivity contribution < 1.29 is 39.3 Å². The van der Waals surface area contributed by atoms with Crippen molar-refractivity contribution in [2.45, 2.75) is 17.5 Å². The number of carbonyl (C=O) groups excluding carboxylic acids is 5. The number of amides is 2. The smallest absolute Gasteiger partial charge is 0.363 e. The first-order chi connectivity index (χ1) is 18.1. The van der Waals surface area contributed by atoms with Crippen LogP contribution in [-0.2, 0) is 34.9 Å². The summed E-state index contributed by atoms with van der Waals surface area (Å²) in [5.41, 5.74) is -1.01. The molecule has 0 spiro atoms. The summed E-state index contributed by atoms with van der Waals surface area (Å²) >= 11 is 5.96. The Morgan fingerprint density at radius 2 is 1.92 bits per heavy atom. The van der Waals surface area contributed by atoms with Gasteiger partial charge >= 0.3 is 5.12 Å². The fourth-order valence-corrected chi connectivity index (χ4v) is 6.56. The van der Waals surface area contributed by atoms with Gasteiger partial charge in [0.15, 0.2) is 11.8 Å². The van der Waals surface area contributed by atoms with E-state index in [1.165, 1.54) is 0 Å². The molecule has 198 valence electrons. The Balaban J connectivity index is 1.66. The first-order valence-electron chi connectivity index (χ1n) is 11.2. The number of aliphatic carboxylic acids is 1. The van der Waals surface area contributed by atoms with Gasteiger partial charge in [-0.1, -0.05) is 41.9 Å². The molecular formula is C24H21ClN4O8S. The van der Waals surface area contributed by atoms with Crippen molar-refractivity contribution in [3.05, 3.63) is 70.1 Å². The van der Waals surface area contributed by atoms with Gasteiger partial charge in [-0.3, -0.25) is 19.4 Å². The van der Waals surface area contributed by atoms with Crippen molar-refractivity contribution >= 4 is 56.9 Å². The Morgan fingerprint density at radius 1 is 1.21 bits per heavy atom. The number of nitrogens with one attached hydrogen (secondary N) is 3. The Labute approximate surface area is 223 Å². The second-order valence-electron chi connectivity index (χ2n) is 8.24. The number of carboxylic acid groups (broad SMARTS) is 1. The molecule has 2 aliphatic heterocycles. The summed E-state index contributed by atoms with van der Waals surface area (Å²) in [4.78, 5) is 67.1. The van der Waals surface area contributed by atoms with Crippen LogP contribution in [-0.4, -0.2) is 74.9 Å². The molecule has 1 aromatic rings. The van der Waals surface area contributed by atoms with Crippen molar-refractivity contribution in [1.82, 2.24) is 16.0 Å².